The lowest BCUT2D eigenvalue weighted by Gasteiger charge is -2.19. The van der Waals surface area contributed by atoms with Crippen LogP contribution in [0.2, 0.25) is 0 Å². The number of phenolic OH excluding ortho intramolecular Hbond substituents is 2. The first-order chi connectivity index (χ1) is 9.18. The number of amides is 1. The molecule has 0 atom stereocenters. The van der Waals surface area contributed by atoms with Crippen LogP contribution in [0.25, 0.3) is 0 Å². The highest BCUT2D eigenvalue weighted by atomic mass is 16.3. The van der Waals surface area contributed by atoms with Crippen LogP contribution < -0.4 is 5.43 Å². The molecule has 19 heavy (non-hydrogen) atoms. The molecule has 0 aromatic heterocycles. The van der Waals surface area contributed by atoms with E-state index in [-0.39, 0.29) is 23.3 Å². The monoisotopic (exact) mass is 262 g/mol. The molecule has 1 aromatic carbocycles. The molecule has 5 nitrogen and oxygen atoms in total. The minimum atomic E-state index is -0.238. The van der Waals surface area contributed by atoms with Gasteiger partial charge in [0, 0.05) is 11.5 Å². The van der Waals surface area contributed by atoms with Crippen LogP contribution in [0, 0.1) is 5.92 Å². The molecule has 1 aliphatic carbocycles. The first-order valence-corrected chi connectivity index (χ1v) is 6.52. The number of hydrazone groups is 1. The van der Waals surface area contributed by atoms with E-state index >= 15 is 0 Å². The van der Waals surface area contributed by atoms with Crippen molar-refractivity contribution in [2.24, 2.45) is 11.0 Å². The molecule has 1 fully saturated rings. The van der Waals surface area contributed by atoms with E-state index < -0.39 is 0 Å². The van der Waals surface area contributed by atoms with Crippen molar-refractivity contribution >= 4 is 12.1 Å². The van der Waals surface area contributed by atoms with Crippen molar-refractivity contribution in [2.45, 2.75) is 32.1 Å². The zero-order chi connectivity index (χ0) is 13.7. The van der Waals surface area contributed by atoms with Crippen LogP contribution in [0.4, 0.5) is 0 Å². The van der Waals surface area contributed by atoms with Crippen molar-refractivity contribution in [3.8, 4) is 11.5 Å². The Hall–Kier alpha value is -2.04. The van der Waals surface area contributed by atoms with Gasteiger partial charge in [0.1, 0.15) is 0 Å². The number of nitrogens with one attached hydrogen (secondary N) is 1. The molecule has 102 valence electrons. The molecule has 0 saturated heterocycles. The van der Waals surface area contributed by atoms with Crippen LogP contribution in [-0.4, -0.2) is 22.3 Å². The van der Waals surface area contributed by atoms with Crippen molar-refractivity contribution in [2.75, 3.05) is 0 Å². The van der Waals surface area contributed by atoms with Gasteiger partial charge in [-0.1, -0.05) is 25.3 Å². The van der Waals surface area contributed by atoms with E-state index in [0.29, 0.717) is 5.56 Å². The molecule has 1 saturated carbocycles. The maximum atomic E-state index is 11.8. The Morgan fingerprint density at radius 2 is 2.00 bits per heavy atom. The van der Waals surface area contributed by atoms with Gasteiger partial charge < -0.3 is 10.2 Å². The second kappa shape index (κ2) is 6.22. The third kappa shape index (κ3) is 3.47. The normalized spacial score (nSPS) is 16.6. The number of carbonyl (C=O) groups is 1. The number of carbonyl (C=O) groups excluding carboxylic acids is 1. The quantitative estimate of drug-likeness (QED) is 0.443. The van der Waals surface area contributed by atoms with E-state index in [0.717, 1.165) is 25.7 Å². The van der Waals surface area contributed by atoms with Gasteiger partial charge in [-0.15, -0.1) is 0 Å². The molecule has 0 aliphatic heterocycles. The Morgan fingerprint density at radius 3 is 2.74 bits per heavy atom. The average Bonchev–Trinajstić information content (AvgIpc) is 2.44. The van der Waals surface area contributed by atoms with E-state index in [1.807, 2.05) is 0 Å². The molecule has 0 spiro atoms. The Morgan fingerprint density at radius 1 is 1.26 bits per heavy atom. The Bertz CT molecular complexity index is 480. The maximum absolute atomic E-state index is 11.8. The number of hydrogen-bond donors (Lipinski definition) is 3. The molecular weight excluding hydrogens is 244 g/mol. The van der Waals surface area contributed by atoms with Crippen molar-refractivity contribution in [1.29, 1.82) is 0 Å². The van der Waals surface area contributed by atoms with Crippen LogP contribution in [0.5, 0.6) is 11.5 Å². The molecule has 0 radical (unpaired) electrons. The second-order valence-corrected chi connectivity index (χ2v) is 4.78. The average molecular weight is 262 g/mol. The smallest absolute Gasteiger partial charge is 0.243 e. The SMILES string of the molecule is O=C(N/N=C/c1cccc(O)c1O)C1CCCCC1. The van der Waals surface area contributed by atoms with Crippen molar-refractivity contribution in [3.05, 3.63) is 23.8 Å². The number of phenols is 2. The predicted octanol–water partition coefficient (Wildman–Crippen LogP) is 2.13. The van der Waals surface area contributed by atoms with Crippen LogP contribution in [0.3, 0.4) is 0 Å². The largest absolute Gasteiger partial charge is 0.504 e. The molecule has 0 unspecified atom stereocenters. The summed E-state index contributed by atoms with van der Waals surface area (Å²) in [4.78, 5) is 11.8. The number of rotatable bonds is 3. The summed E-state index contributed by atoms with van der Waals surface area (Å²) in [6.45, 7) is 0. The molecule has 1 aromatic rings. The van der Waals surface area contributed by atoms with E-state index in [1.165, 1.54) is 18.7 Å². The lowest BCUT2D eigenvalue weighted by molar-refractivity contribution is -0.125. The van der Waals surface area contributed by atoms with Gasteiger partial charge in [0.05, 0.1) is 6.21 Å². The molecule has 1 aliphatic rings. The van der Waals surface area contributed by atoms with Gasteiger partial charge >= 0.3 is 0 Å². The highest BCUT2D eigenvalue weighted by Gasteiger charge is 2.20. The van der Waals surface area contributed by atoms with Crippen molar-refractivity contribution in [1.82, 2.24) is 5.43 Å². The number of benzene rings is 1. The van der Waals surface area contributed by atoms with Gasteiger partial charge in [0.25, 0.3) is 0 Å². The van der Waals surface area contributed by atoms with E-state index in [1.54, 1.807) is 12.1 Å². The van der Waals surface area contributed by atoms with Gasteiger partial charge in [-0.05, 0) is 25.0 Å². The van der Waals surface area contributed by atoms with Gasteiger partial charge in [0.15, 0.2) is 11.5 Å². The summed E-state index contributed by atoms with van der Waals surface area (Å²) in [6.07, 6.45) is 6.54. The number of aromatic hydroxyl groups is 2. The summed E-state index contributed by atoms with van der Waals surface area (Å²) < 4.78 is 0. The van der Waals surface area contributed by atoms with Gasteiger partial charge in [-0.2, -0.15) is 5.10 Å². The fourth-order valence-corrected chi connectivity index (χ4v) is 2.27. The standard InChI is InChI=1S/C14H18N2O3/c17-12-8-4-7-11(13(12)18)9-15-16-14(19)10-5-2-1-3-6-10/h4,7-10,17-18H,1-3,5-6H2,(H,16,19)/b15-9+. The first-order valence-electron chi connectivity index (χ1n) is 6.52. The van der Waals surface area contributed by atoms with E-state index in [2.05, 4.69) is 10.5 Å². The van der Waals surface area contributed by atoms with Gasteiger partial charge in [-0.25, -0.2) is 5.43 Å². The van der Waals surface area contributed by atoms with Crippen LogP contribution in [-0.2, 0) is 4.79 Å². The minimum Gasteiger partial charge on any atom is -0.504 e. The fraction of sp³-hybridized carbons (Fsp3) is 0.429. The summed E-state index contributed by atoms with van der Waals surface area (Å²) in [7, 11) is 0. The molecular formula is C14H18N2O3. The lowest BCUT2D eigenvalue weighted by atomic mass is 9.89. The number of hydrogen-bond acceptors (Lipinski definition) is 4. The van der Waals surface area contributed by atoms with Crippen molar-refractivity contribution in [3.63, 3.8) is 0 Å². The molecule has 0 heterocycles. The van der Waals surface area contributed by atoms with Gasteiger partial charge in [-0.3, -0.25) is 4.79 Å². The summed E-state index contributed by atoms with van der Waals surface area (Å²) >= 11 is 0. The third-order valence-corrected chi connectivity index (χ3v) is 3.40. The summed E-state index contributed by atoms with van der Waals surface area (Å²) in [5.41, 5.74) is 2.85. The zero-order valence-electron chi connectivity index (χ0n) is 10.7. The number of nitrogens with zero attached hydrogens (tertiary/aromatic N) is 1. The van der Waals surface area contributed by atoms with E-state index in [4.69, 9.17) is 0 Å². The fourth-order valence-electron chi connectivity index (χ4n) is 2.27. The van der Waals surface area contributed by atoms with Gasteiger partial charge in [0.2, 0.25) is 5.91 Å². The van der Waals surface area contributed by atoms with Crippen molar-refractivity contribution < 1.29 is 15.0 Å². The molecule has 3 N–H and O–H groups in total. The lowest BCUT2D eigenvalue weighted by Crippen LogP contribution is -2.28. The topological polar surface area (TPSA) is 81.9 Å². The number of para-hydroxylation sites is 1. The highest BCUT2D eigenvalue weighted by Crippen LogP contribution is 2.26. The Kier molecular flexibility index (Phi) is 4.39. The summed E-state index contributed by atoms with van der Waals surface area (Å²) in [5.74, 6) is -0.472. The van der Waals surface area contributed by atoms with Crippen LogP contribution >= 0.6 is 0 Å². The van der Waals surface area contributed by atoms with Crippen LogP contribution in [0.1, 0.15) is 37.7 Å². The Labute approximate surface area is 112 Å². The first kappa shape index (κ1) is 13.4. The molecule has 1 amide bonds. The minimum absolute atomic E-state index is 0.0451. The predicted molar refractivity (Wildman–Crippen MR) is 72.1 cm³/mol. The summed E-state index contributed by atoms with van der Waals surface area (Å²) in [5, 5.41) is 22.7. The third-order valence-electron chi connectivity index (χ3n) is 3.40. The zero-order valence-corrected chi connectivity index (χ0v) is 10.7. The molecule has 0 bridgehead atoms. The molecule has 2 rings (SSSR count). The van der Waals surface area contributed by atoms with Crippen LogP contribution in [0.15, 0.2) is 23.3 Å². The summed E-state index contributed by atoms with van der Waals surface area (Å²) in [6, 6.07) is 4.58. The highest BCUT2D eigenvalue weighted by molar-refractivity contribution is 5.86. The van der Waals surface area contributed by atoms with E-state index in [9.17, 15) is 15.0 Å². The maximum Gasteiger partial charge on any atom is 0.243 e. The molecule has 5 heteroatoms. The Balaban J connectivity index is 1.92. The second-order valence-electron chi connectivity index (χ2n) is 4.78.